The molecule has 1 rings (SSSR count). The molecule has 2 unspecified atom stereocenters. The van der Waals surface area contributed by atoms with E-state index in [-0.39, 0.29) is 5.25 Å². The first-order valence-corrected chi connectivity index (χ1v) is 5.80. The summed E-state index contributed by atoms with van der Waals surface area (Å²) >= 11 is -1.05. The molecular weight excluding hydrogens is 194 g/mol. The molecule has 0 aliphatic rings. The lowest BCUT2D eigenvalue weighted by Crippen LogP contribution is -2.23. The van der Waals surface area contributed by atoms with Crippen LogP contribution in [0.5, 0.6) is 0 Å². The van der Waals surface area contributed by atoms with E-state index in [0.717, 1.165) is 5.69 Å². The third kappa shape index (κ3) is 3.44. The van der Waals surface area contributed by atoms with Crippen LogP contribution in [0.25, 0.3) is 0 Å². The van der Waals surface area contributed by atoms with Crippen LogP contribution in [0.4, 0.5) is 5.69 Å². The number of nitrogens with one attached hydrogen (secondary N) is 1. The maximum atomic E-state index is 11.7. The van der Waals surface area contributed by atoms with Crippen LogP contribution in [-0.4, -0.2) is 9.80 Å². The van der Waals surface area contributed by atoms with E-state index in [1.54, 1.807) is 0 Å². The number of hydrogen-bond acceptors (Lipinski definition) is 2. The van der Waals surface area contributed by atoms with E-state index >= 15 is 0 Å². The van der Waals surface area contributed by atoms with Crippen LogP contribution in [-0.2, 0) is 11.4 Å². The lowest BCUT2D eigenvalue weighted by atomic mass is 10.3. The van der Waals surface area contributed by atoms with Crippen LogP contribution in [0.2, 0.25) is 0 Å². The highest BCUT2D eigenvalue weighted by molar-refractivity contribution is 7.93. The molecule has 0 saturated carbocycles. The summed E-state index contributed by atoms with van der Waals surface area (Å²) < 4.78 is 14.6. The Kier molecular flexibility index (Phi) is 4.56. The zero-order valence-electron chi connectivity index (χ0n) is 8.44. The molecule has 2 nitrogen and oxygen atoms in total. The van der Waals surface area contributed by atoms with Crippen LogP contribution in [0.15, 0.2) is 42.5 Å². The number of rotatable bonds is 4. The zero-order chi connectivity index (χ0) is 10.4. The SMILES string of the molecule is CC=CC(C)[S+]([O-])Nc1ccccc1. The van der Waals surface area contributed by atoms with Gasteiger partial charge in [0, 0.05) is 0 Å². The highest BCUT2D eigenvalue weighted by Gasteiger charge is 2.13. The molecule has 1 aromatic carbocycles. The van der Waals surface area contributed by atoms with E-state index in [9.17, 15) is 4.55 Å². The lowest BCUT2D eigenvalue weighted by molar-refractivity contribution is 0.595. The first kappa shape index (κ1) is 11.1. The zero-order valence-corrected chi connectivity index (χ0v) is 9.25. The topological polar surface area (TPSA) is 35.1 Å². The van der Waals surface area contributed by atoms with Crippen LogP contribution in [0.3, 0.4) is 0 Å². The maximum Gasteiger partial charge on any atom is 0.156 e. The summed E-state index contributed by atoms with van der Waals surface area (Å²) in [7, 11) is 0. The Labute approximate surface area is 88.3 Å². The summed E-state index contributed by atoms with van der Waals surface area (Å²) in [6, 6.07) is 9.57. The van der Waals surface area contributed by atoms with Crippen molar-refractivity contribution in [1.82, 2.24) is 0 Å². The average molecular weight is 209 g/mol. The maximum absolute atomic E-state index is 11.7. The molecule has 0 amide bonds. The van der Waals surface area contributed by atoms with E-state index < -0.39 is 11.4 Å². The predicted octanol–water partition coefficient (Wildman–Crippen LogP) is 2.73. The number of allylic oxidation sites excluding steroid dienone is 1. The Morgan fingerprint density at radius 2 is 2.00 bits per heavy atom. The molecule has 2 atom stereocenters. The Morgan fingerprint density at radius 3 is 2.57 bits per heavy atom. The quantitative estimate of drug-likeness (QED) is 0.611. The van der Waals surface area contributed by atoms with Crippen molar-refractivity contribution in [3.63, 3.8) is 0 Å². The molecule has 0 aromatic heterocycles. The predicted molar refractivity (Wildman–Crippen MR) is 62.5 cm³/mol. The van der Waals surface area contributed by atoms with Crippen LogP contribution < -0.4 is 4.72 Å². The Hall–Kier alpha value is -0.930. The second kappa shape index (κ2) is 5.73. The third-order valence-corrected chi connectivity index (χ3v) is 3.06. The molecule has 0 heterocycles. The molecular formula is C11H15NOS. The number of para-hydroxylation sites is 1. The van der Waals surface area contributed by atoms with Crippen molar-refractivity contribution in [2.45, 2.75) is 19.1 Å². The normalized spacial score (nSPS) is 15.4. The van der Waals surface area contributed by atoms with Gasteiger partial charge >= 0.3 is 0 Å². The molecule has 3 heteroatoms. The molecule has 1 N–H and O–H groups in total. The van der Waals surface area contributed by atoms with E-state index in [1.165, 1.54) is 0 Å². The summed E-state index contributed by atoms with van der Waals surface area (Å²) in [5.74, 6) is 0. The van der Waals surface area contributed by atoms with Crippen LogP contribution >= 0.6 is 0 Å². The van der Waals surface area contributed by atoms with Gasteiger partial charge in [0.15, 0.2) is 5.25 Å². The highest BCUT2D eigenvalue weighted by atomic mass is 32.2. The van der Waals surface area contributed by atoms with E-state index in [4.69, 9.17) is 0 Å². The Bertz CT molecular complexity index is 287. The smallest absolute Gasteiger partial charge is 0.156 e. The fourth-order valence-electron chi connectivity index (χ4n) is 1.06. The van der Waals surface area contributed by atoms with Crippen molar-refractivity contribution < 1.29 is 4.55 Å². The molecule has 76 valence electrons. The van der Waals surface area contributed by atoms with Gasteiger partial charge in [-0.3, -0.25) is 0 Å². The lowest BCUT2D eigenvalue weighted by Gasteiger charge is -2.15. The molecule has 14 heavy (non-hydrogen) atoms. The summed E-state index contributed by atoms with van der Waals surface area (Å²) in [5.41, 5.74) is 0.891. The molecule has 0 fully saturated rings. The van der Waals surface area contributed by atoms with Crippen molar-refractivity contribution in [3.05, 3.63) is 42.5 Å². The summed E-state index contributed by atoms with van der Waals surface area (Å²) in [4.78, 5) is 0. The fraction of sp³-hybridized carbons (Fsp3) is 0.273. The first-order chi connectivity index (χ1) is 6.74. The standard InChI is InChI=1S/C11H15NOS/c1-3-7-10(2)14(13)12-11-8-5-4-6-9-11/h3-10,12H,1-2H3. The minimum absolute atomic E-state index is 0.0280. The van der Waals surface area contributed by atoms with Gasteiger partial charge in [-0.05, 0) is 32.1 Å². The fourth-order valence-corrected chi connectivity index (χ4v) is 1.91. The van der Waals surface area contributed by atoms with Crippen molar-refractivity contribution in [2.75, 3.05) is 4.72 Å². The largest absolute Gasteiger partial charge is 0.593 e. The molecule has 0 bridgehead atoms. The molecule has 0 spiro atoms. The van der Waals surface area contributed by atoms with Gasteiger partial charge in [-0.1, -0.05) is 24.3 Å². The molecule has 1 aromatic rings. The van der Waals surface area contributed by atoms with E-state index in [0.29, 0.717) is 0 Å². The molecule has 0 saturated heterocycles. The summed E-state index contributed by atoms with van der Waals surface area (Å²) in [6.07, 6.45) is 3.83. The van der Waals surface area contributed by atoms with Crippen molar-refractivity contribution in [2.24, 2.45) is 0 Å². The van der Waals surface area contributed by atoms with Gasteiger partial charge in [-0.15, -0.1) is 0 Å². The van der Waals surface area contributed by atoms with Gasteiger partial charge in [0.1, 0.15) is 0 Å². The third-order valence-electron chi connectivity index (χ3n) is 1.79. The Morgan fingerprint density at radius 1 is 1.36 bits per heavy atom. The van der Waals surface area contributed by atoms with Crippen LogP contribution in [0, 0.1) is 0 Å². The van der Waals surface area contributed by atoms with Crippen molar-refractivity contribution in [1.29, 1.82) is 0 Å². The minimum atomic E-state index is -1.05. The number of hydrogen-bond donors (Lipinski definition) is 1. The van der Waals surface area contributed by atoms with Crippen LogP contribution in [0.1, 0.15) is 13.8 Å². The van der Waals surface area contributed by atoms with Crippen molar-refractivity contribution in [3.8, 4) is 0 Å². The van der Waals surface area contributed by atoms with Gasteiger partial charge in [0.25, 0.3) is 0 Å². The number of benzene rings is 1. The van der Waals surface area contributed by atoms with Crippen molar-refractivity contribution >= 4 is 17.0 Å². The average Bonchev–Trinajstić information content (AvgIpc) is 2.19. The Balaban J connectivity index is 2.52. The summed E-state index contributed by atoms with van der Waals surface area (Å²) in [6.45, 7) is 3.85. The van der Waals surface area contributed by atoms with Gasteiger partial charge in [-0.2, -0.15) is 0 Å². The first-order valence-electron chi connectivity index (χ1n) is 4.59. The number of anilines is 1. The molecule has 0 aliphatic carbocycles. The highest BCUT2D eigenvalue weighted by Crippen LogP contribution is 2.11. The second-order valence-electron chi connectivity index (χ2n) is 3.00. The molecule has 0 aliphatic heterocycles. The van der Waals surface area contributed by atoms with Gasteiger partial charge in [-0.25, -0.2) is 4.72 Å². The summed E-state index contributed by atoms with van der Waals surface area (Å²) in [5, 5.41) is 0.0280. The van der Waals surface area contributed by atoms with Gasteiger partial charge < -0.3 is 4.55 Å². The van der Waals surface area contributed by atoms with E-state index in [2.05, 4.69) is 4.72 Å². The second-order valence-corrected chi connectivity index (χ2v) is 4.54. The van der Waals surface area contributed by atoms with Gasteiger partial charge in [0.05, 0.1) is 17.0 Å². The monoisotopic (exact) mass is 209 g/mol. The van der Waals surface area contributed by atoms with Gasteiger partial charge in [0.2, 0.25) is 0 Å². The minimum Gasteiger partial charge on any atom is -0.593 e. The van der Waals surface area contributed by atoms with E-state index in [1.807, 2.05) is 56.3 Å². The molecule has 0 radical (unpaired) electrons.